The van der Waals surface area contributed by atoms with Crippen LogP contribution in [-0.2, 0) is 0 Å². The summed E-state index contributed by atoms with van der Waals surface area (Å²) in [5.74, 6) is 1.27. The van der Waals surface area contributed by atoms with Crippen LogP contribution in [0.5, 0.6) is 0 Å². The van der Waals surface area contributed by atoms with Crippen molar-refractivity contribution in [2.75, 3.05) is 10.8 Å². The van der Waals surface area contributed by atoms with Crippen LogP contribution in [0, 0.1) is 0 Å². The van der Waals surface area contributed by atoms with Crippen molar-refractivity contribution >= 4 is 58.7 Å². The molecule has 0 bridgehead atoms. The van der Waals surface area contributed by atoms with Crippen LogP contribution in [0.1, 0.15) is 23.5 Å². The maximum atomic E-state index is 4.32. The van der Waals surface area contributed by atoms with E-state index in [4.69, 9.17) is 0 Å². The minimum Gasteiger partial charge on any atom is -0.168 e. The van der Waals surface area contributed by atoms with E-state index in [-0.39, 0.29) is 0 Å². The van der Waals surface area contributed by atoms with Crippen LogP contribution < -0.4 is 0 Å². The summed E-state index contributed by atoms with van der Waals surface area (Å²) in [4.78, 5) is 0. The normalized spacial score (nSPS) is 23.5. The molecule has 0 radical (unpaired) electrons. The molecule has 2 aromatic rings. The third kappa shape index (κ3) is 3.90. The highest BCUT2D eigenvalue weighted by Crippen LogP contribution is 2.52. The SMILES string of the molecule is CC(CC1CS[C@@H](c2cccc3ccccc23)S1)SCS. The van der Waals surface area contributed by atoms with Crippen molar-refractivity contribution < 1.29 is 0 Å². The molecule has 0 aliphatic carbocycles. The molecule has 1 fully saturated rings. The Hall–Kier alpha value is 0.1000. The molecule has 2 aromatic carbocycles. The quantitative estimate of drug-likeness (QED) is 0.511. The van der Waals surface area contributed by atoms with E-state index in [2.05, 4.69) is 85.5 Å². The van der Waals surface area contributed by atoms with Gasteiger partial charge >= 0.3 is 0 Å². The largest absolute Gasteiger partial charge is 0.168 e. The number of hydrogen-bond donors (Lipinski definition) is 1. The Labute approximate surface area is 145 Å². The molecule has 2 unspecified atom stereocenters. The Morgan fingerprint density at radius 3 is 2.90 bits per heavy atom. The van der Waals surface area contributed by atoms with Crippen molar-refractivity contribution in [1.29, 1.82) is 0 Å². The monoisotopic (exact) mass is 352 g/mol. The first-order chi connectivity index (χ1) is 10.3. The van der Waals surface area contributed by atoms with Gasteiger partial charge in [-0.25, -0.2) is 0 Å². The summed E-state index contributed by atoms with van der Waals surface area (Å²) in [5.41, 5.74) is 1.50. The number of fused-ring (bicyclic) bond motifs is 1. The van der Waals surface area contributed by atoms with Gasteiger partial charge in [0.05, 0.1) is 4.58 Å². The lowest BCUT2D eigenvalue weighted by atomic mass is 10.1. The lowest BCUT2D eigenvalue weighted by Crippen LogP contribution is -2.09. The van der Waals surface area contributed by atoms with E-state index in [1.807, 2.05) is 11.8 Å². The molecule has 0 N–H and O–H groups in total. The maximum absolute atomic E-state index is 4.32. The topological polar surface area (TPSA) is 0 Å². The molecule has 112 valence electrons. The van der Waals surface area contributed by atoms with E-state index in [0.717, 1.165) is 10.3 Å². The number of hydrogen-bond acceptors (Lipinski definition) is 4. The Morgan fingerprint density at radius 2 is 2.05 bits per heavy atom. The predicted octanol–water partition coefficient (Wildman–Crippen LogP) is 6.09. The maximum Gasteiger partial charge on any atom is 0.0760 e. The standard InChI is InChI=1S/C17H20S4/c1-12(20-11-18)9-14-10-19-17(21-14)16-8-4-6-13-5-2-3-7-15(13)16/h2-8,12,14,17-18H,9-11H2,1H3/t12?,14?,17-/m1/s1. The third-order valence-corrected chi connectivity index (χ3v) is 8.49. The van der Waals surface area contributed by atoms with Gasteiger partial charge in [-0.15, -0.1) is 35.3 Å². The fraction of sp³-hybridized carbons (Fsp3) is 0.412. The van der Waals surface area contributed by atoms with Crippen molar-refractivity contribution in [2.45, 2.75) is 28.4 Å². The molecule has 0 spiro atoms. The zero-order valence-corrected chi connectivity index (χ0v) is 15.4. The van der Waals surface area contributed by atoms with Gasteiger partial charge in [-0.05, 0) is 22.8 Å². The average Bonchev–Trinajstić information content (AvgIpc) is 2.95. The summed E-state index contributed by atoms with van der Waals surface area (Å²) in [7, 11) is 0. The van der Waals surface area contributed by atoms with Gasteiger partial charge < -0.3 is 0 Å². The second kappa shape index (κ2) is 7.58. The van der Waals surface area contributed by atoms with Crippen LogP contribution in [0.15, 0.2) is 42.5 Å². The Morgan fingerprint density at radius 1 is 1.24 bits per heavy atom. The van der Waals surface area contributed by atoms with Gasteiger partial charge in [0.2, 0.25) is 0 Å². The summed E-state index contributed by atoms with van der Waals surface area (Å²) in [6.45, 7) is 2.33. The highest BCUT2D eigenvalue weighted by Gasteiger charge is 2.29. The summed E-state index contributed by atoms with van der Waals surface area (Å²) >= 11 is 10.6. The van der Waals surface area contributed by atoms with Crippen LogP contribution in [0.2, 0.25) is 0 Å². The first kappa shape index (κ1) is 16.0. The van der Waals surface area contributed by atoms with Crippen molar-refractivity contribution in [3.63, 3.8) is 0 Å². The molecular weight excluding hydrogens is 332 g/mol. The van der Waals surface area contributed by atoms with Crippen LogP contribution >= 0.6 is 47.9 Å². The van der Waals surface area contributed by atoms with Gasteiger partial charge in [0.15, 0.2) is 0 Å². The fourth-order valence-electron chi connectivity index (χ4n) is 2.76. The molecule has 1 aliphatic rings. The van der Waals surface area contributed by atoms with Crippen LogP contribution in [0.4, 0.5) is 0 Å². The zero-order chi connectivity index (χ0) is 14.7. The van der Waals surface area contributed by atoms with Crippen LogP contribution in [0.3, 0.4) is 0 Å². The number of thiol groups is 1. The molecule has 0 amide bonds. The molecule has 3 atom stereocenters. The Kier molecular flexibility index (Phi) is 5.77. The van der Waals surface area contributed by atoms with Gasteiger partial charge in [0.1, 0.15) is 0 Å². The van der Waals surface area contributed by atoms with Gasteiger partial charge in [0.25, 0.3) is 0 Å². The lowest BCUT2D eigenvalue weighted by molar-refractivity contribution is 0.815. The average molecular weight is 353 g/mol. The molecule has 0 nitrogen and oxygen atoms in total. The number of thioether (sulfide) groups is 3. The summed E-state index contributed by atoms with van der Waals surface area (Å²) in [6.07, 6.45) is 1.30. The second-order valence-electron chi connectivity index (χ2n) is 5.33. The molecular formula is C17H20S4. The molecule has 1 heterocycles. The molecule has 3 rings (SSSR count). The number of rotatable bonds is 5. The van der Waals surface area contributed by atoms with Crippen LogP contribution in [0.25, 0.3) is 10.8 Å². The fourth-order valence-corrected chi connectivity index (χ4v) is 7.85. The lowest BCUT2D eigenvalue weighted by Gasteiger charge is -2.16. The highest BCUT2D eigenvalue weighted by molar-refractivity contribution is 8.19. The first-order valence-electron chi connectivity index (χ1n) is 7.25. The zero-order valence-electron chi connectivity index (χ0n) is 12.1. The van der Waals surface area contributed by atoms with Crippen molar-refractivity contribution in [2.24, 2.45) is 0 Å². The van der Waals surface area contributed by atoms with Gasteiger partial charge in [-0.1, -0.05) is 49.4 Å². The molecule has 21 heavy (non-hydrogen) atoms. The van der Waals surface area contributed by atoms with E-state index >= 15 is 0 Å². The summed E-state index contributed by atoms with van der Waals surface area (Å²) in [5, 5.41) is 5.20. The van der Waals surface area contributed by atoms with E-state index in [0.29, 0.717) is 9.83 Å². The first-order valence-corrected chi connectivity index (χ1v) is 10.9. The third-order valence-electron chi connectivity index (χ3n) is 3.78. The predicted molar refractivity (Wildman–Crippen MR) is 106 cm³/mol. The van der Waals surface area contributed by atoms with Crippen molar-refractivity contribution in [1.82, 2.24) is 0 Å². The second-order valence-corrected chi connectivity index (χ2v) is 10.4. The van der Waals surface area contributed by atoms with E-state index < -0.39 is 0 Å². The minimum absolute atomic E-state index is 0.592. The van der Waals surface area contributed by atoms with Gasteiger partial charge in [0, 0.05) is 21.3 Å². The molecule has 1 aliphatic heterocycles. The smallest absolute Gasteiger partial charge is 0.0760 e. The summed E-state index contributed by atoms with van der Waals surface area (Å²) < 4.78 is 0.592. The molecule has 4 heteroatoms. The van der Waals surface area contributed by atoms with Crippen molar-refractivity contribution in [3.05, 3.63) is 48.0 Å². The minimum atomic E-state index is 0.592. The molecule has 1 saturated heterocycles. The van der Waals surface area contributed by atoms with E-state index in [9.17, 15) is 0 Å². The van der Waals surface area contributed by atoms with Gasteiger partial charge in [-0.3, -0.25) is 0 Å². The Balaban J connectivity index is 1.73. The van der Waals surface area contributed by atoms with Crippen LogP contribution in [-0.4, -0.2) is 21.3 Å². The number of benzene rings is 2. The van der Waals surface area contributed by atoms with E-state index in [1.54, 1.807) is 0 Å². The molecule has 0 saturated carbocycles. The highest BCUT2D eigenvalue weighted by atomic mass is 32.2. The summed E-state index contributed by atoms with van der Waals surface area (Å²) in [6, 6.07) is 15.5. The van der Waals surface area contributed by atoms with E-state index in [1.165, 1.54) is 28.5 Å². The Bertz CT molecular complexity index is 593. The van der Waals surface area contributed by atoms with Crippen molar-refractivity contribution in [3.8, 4) is 0 Å². The van der Waals surface area contributed by atoms with Gasteiger partial charge in [-0.2, -0.15) is 12.6 Å². The molecule has 0 aromatic heterocycles.